The van der Waals surface area contributed by atoms with Crippen LogP contribution in [0.5, 0.6) is 0 Å². The van der Waals surface area contributed by atoms with Gasteiger partial charge in [-0.15, -0.1) is 0 Å². The van der Waals surface area contributed by atoms with Crippen molar-refractivity contribution in [2.75, 3.05) is 23.3 Å². The Morgan fingerprint density at radius 3 is 2.65 bits per heavy atom. The Kier molecular flexibility index (Phi) is 6.13. The molecule has 3 atom stereocenters. The summed E-state index contributed by atoms with van der Waals surface area (Å²) >= 11 is 6.50. The van der Waals surface area contributed by atoms with Crippen LogP contribution in [0.15, 0.2) is 24.4 Å². The third-order valence-electron chi connectivity index (χ3n) is 5.77. The number of aromatic nitrogens is 1. The highest BCUT2D eigenvalue weighted by atomic mass is 35.5. The number of nitriles is 1. The van der Waals surface area contributed by atoms with Crippen LogP contribution in [0.4, 0.5) is 16.3 Å². The lowest BCUT2D eigenvalue weighted by molar-refractivity contribution is -0.122. The average Bonchev–Trinajstić information content (AvgIpc) is 3.52. The van der Waals surface area contributed by atoms with Crippen molar-refractivity contribution in [1.82, 2.24) is 9.88 Å². The van der Waals surface area contributed by atoms with E-state index in [-0.39, 0.29) is 36.2 Å². The van der Waals surface area contributed by atoms with Gasteiger partial charge in [-0.05, 0) is 57.7 Å². The molecule has 1 aliphatic carbocycles. The number of anilines is 2. The largest absolute Gasteiger partial charge is 0.444 e. The molecule has 9 nitrogen and oxygen atoms in total. The van der Waals surface area contributed by atoms with E-state index in [2.05, 4.69) is 16.4 Å². The molecule has 2 aromatic rings. The fourth-order valence-electron chi connectivity index (χ4n) is 4.07. The summed E-state index contributed by atoms with van der Waals surface area (Å²) in [5.74, 6) is -0.685. The summed E-state index contributed by atoms with van der Waals surface area (Å²) in [6.07, 6.45) is 1.60. The highest BCUT2D eigenvalue weighted by molar-refractivity contribution is 6.36. The zero-order chi connectivity index (χ0) is 24.8. The summed E-state index contributed by atoms with van der Waals surface area (Å²) in [5, 5.41) is 13.5. The molecule has 3 amide bonds. The van der Waals surface area contributed by atoms with E-state index < -0.39 is 11.7 Å². The standard InChI is InChI=1S/C24H26ClN5O4/c1-13-11-29(23(33)34-24(2,3)4)12-21(31)30(13)16-5-14-7-20(27-10-18(14)19(25)8-16)28-22(32)17-6-15(17)9-26/h5,7-8,10,13,15,17H,6,11-12H2,1-4H3,(H,27,28,32)/t13?,15-,17+/m0/s1. The quantitative estimate of drug-likeness (QED) is 0.706. The number of fused-ring (bicyclic) bond motifs is 1. The van der Waals surface area contributed by atoms with E-state index in [1.54, 1.807) is 44.0 Å². The van der Waals surface area contributed by atoms with Crippen molar-refractivity contribution in [3.8, 4) is 6.07 Å². The van der Waals surface area contributed by atoms with Gasteiger partial charge in [0, 0.05) is 23.8 Å². The van der Waals surface area contributed by atoms with E-state index in [0.717, 1.165) is 0 Å². The minimum atomic E-state index is -0.650. The number of amides is 3. The highest BCUT2D eigenvalue weighted by Gasteiger charge is 2.43. The summed E-state index contributed by atoms with van der Waals surface area (Å²) in [6.45, 7) is 7.40. The van der Waals surface area contributed by atoms with Crippen molar-refractivity contribution in [2.24, 2.45) is 11.8 Å². The van der Waals surface area contributed by atoms with Gasteiger partial charge >= 0.3 is 6.09 Å². The van der Waals surface area contributed by atoms with Crippen molar-refractivity contribution < 1.29 is 19.1 Å². The second-order valence-corrected chi connectivity index (χ2v) is 10.2. The summed E-state index contributed by atoms with van der Waals surface area (Å²) < 4.78 is 5.41. The first-order valence-electron chi connectivity index (χ1n) is 11.1. The normalized spacial score (nSPS) is 22.4. The van der Waals surface area contributed by atoms with Crippen LogP contribution in [0, 0.1) is 23.2 Å². The lowest BCUT2D eigenvalue weighted by atomic mass is 10.1. The maximum Gasteiger partial charge on any atom is 0.410 e. The van der Waals surface area contributed by atoms with E-state index in [1.165, 1.54) is 4.90 Å². The van der Waals surface area contributed by atoms with Crippen LogP contribution in [0.1, 0.15) is 34.1 Å². The van der Waals surface area contributed by atoms with Gasteiger partial charge in [-0.1, -0.05) is 11.6 Å². The maximum atomic E-state index is 13.0. The number of carbonyl (C=O) groups excluding carboxylic acids is 3. The van der Waals surface area contributed by atoms with Crippen LogP contribution < -0.4 is 10.2 Å². The molecule has 1 saturated carbocycles. The van der Waals surface area contributed by atoms with E-state index in [9.17, 15) is 14.4 Å². The SMILES string of the molecule is CC1CN(C(=O)OC(C)(C)C)CC(=O)N1c1cc(Cl)c2cnc(NC(=O)[C@@H]3C[C@H]3C#N)cc2c1. The highest BCUT2D eigenvalue weighted by Crippen LogP contribution is 2.39. The molecular formula is C24H26ClN5O4. The molecule has 1 N–H and O–H groups in total. The Labute approximate surface area is 202 Å². The van der Waals surface area contributed by atoms with Crippen LogP contribution in [0.3, 0.4) is 0 Å². The minimum Gasteiger partial charge on any atom is -0.444 e. The monoisotopic (exact) mass is 483 g/mol. The van der Waals surface area contributed by atoms with Crippen molar-refractivity contribution in [2.45, 2.75) is 45.8 Å². The Balaban J connectivity index is 1.55. The second kappa shape index (κ2) is 8.76. The molecule has 1 aliphatic heterocycles. The van der Waals surface area contributed by atoms with Gasteiger partial charge in [0.2, 0.25) is 11.8 Å². The number of pyridine rings is 1. The number of halogens is 1. The molecule has 2 aliphatic rings. The van der Waals surface area contributed by atoms with E-state index in [0.29, 0.717) is 40.3 Å². The molecule has 1 aromatic heterocycles. The molecule has 10 heteroatoms. The second-order valence-electron chi connectivity index (χ2n) is 9.76. The first kappa shape index (κ1) is 23.8. The van der Waals surface area contributed by atoms with Crippen LogP contribution in [-0.2, 0) is 14.3 Å². The molecular weight excluding hydrogens is 458 g/mol. The number of piperazine rings is 1. The number of carbonyl (C=O) groups is 3. The van der Waals surface area contributed by atoms with Gasteiger partial charge < -0.3 is 15.0 Å². The Hall–Kier alpha value is -3.38. The van der Waals surface area contributed by atoms with Gasteiger partial charge in [0.15, 0.2) is 0 Å². The lowest BCUT2D eigenvalue weighted by Gasteiger charge is -2.39. The van der Waals surface area contributed by atoms with Crippen LogP contribution in [0.2, 0.25) is 5.02 Å². The van der Waals surface area contributed by atoms with Crippen LogP contribution in [0.25, 0.3) is 10.8 Å². The molecule has 34 heavy (non-hydrogen) atoms. The van der Waals surface area contributed by atoms with E-state index >= 15 is 0 Å². The fraction of sp³-hybridized carbons (Fsp3) is 0.458. The lowest BCUT2D eigenvalue weighted by Crippen LogP contribution is -2.57. The van der Waals surface area contributed by atoms with E-state index in [4.69, 9.17) is 21.6 Å². The summed E-state index contributed by atoms with van der Waals surface area (Å²) in [4.78, 5) is 45.1. The van der Waals surface area contributed by atoms with Gasteiger partial charge in [-0.2, -0.15) is 5.26 Å². The third kappa shape index (κ3) is 4.92. The molecule has 2 heterocycles. The Bertz CT molecular complexity index is 1220. The number of hydrogen-bond acceptors (Lipinski definition) is 6. The fourth-order valence-corrected chi connectivity index (χ4v) is 4.34. The molecule has 1 aromatic carbocycles. The van der Waals surface area contributed by atoms with Crippen molar-refractivity contribution in [1.29, 1.82) is 5.26 Å². The zero-order valence-electron chi connectivity index (χ0n) is 19.5. The summed E-state index contributed by atoms with van der Waals surface area (Å²) in [5.41, 5.74) is -0.0585. The third-order valence-corrected chi connectivity index (χ3v) is 6.08. The van der Waals surface area contributed by atoms with Crippen LogP contribution >= 0.6 is 11.6 Å². The number of nitrogens with zero attached hydrogens (tertiary/aromatic N) is 4. The Morgan fingerprint density at radius 1 is 1.29 bits per heavy atom. The van der Waals surface area contributed by atoms with Crippen molar-refractivity contribution >= 4 is 51.8 Å². The molecule has 0 bridgehead atoms. The minimum absolute atomic E-state index is 0.103. The molecule has 4 rings (SSSR count). The molecule has 2 fully saturated rings. The predicted molar refractivity (Wildman–Crippen MR) is 127 cm³/mol. The molecule has 178 valence electrons. The number of hydrogen-bond donors (Lipinski definition) is 1. The number of benzene rings is 1. The smallest absolute Gasteiger partial charge is 0.410 e. The maximum absolute atomic E-state index is 13.0. The van der Waals surface area contributed by atoms with Crippen LogP contribution in [-0.4, -0.2) is 52.5 Å². The topological polar surface area (TPSA) is 116 Å². The first-order valence-corrected chi connectivity index (χ1v) is 11.4. The predicted octanol–water partition coefficient (Wildman–Crippen LogP) is 3.96. The number of rotatable bonds is 3. The van der Waals surface area contributed by atoms with Gasteiger partial charge in [0.1, 0.15) is 18.0 Å². The number of nitrogens with one attached hydrogen (secondary N) is 1. The molecule has 1 unspecified atom stereocenters. The Morgan fingerprint density at radius 2 is 2.03 bits per heavy atom. The van der Waals surface area contributed by atoms with Gasteiger partial charge in [0.05, 0.1) is 29.0 Å². The molecule has 0 radical (unpaired) electrons. The van der Waals surface area contributed by atoms with Crippen molar-refractivity contribution in [3.05, 3.63) is 29.4 Å². The average molecular weight is 484 g/mol. The van der Waals surface area contributed by atoms with E-state index in [1.807, 2.05) is 13.0 Å². The molecule has 1 saturated heterocycles. The van der Waals surface area contributed by atoms with Crippen molar-refractivity contribution in [3.63, 3.8) is 0 Å². The van der Waals surface area contributed by atoms with Gasteiger partial charge in [-0.25, -0.2) is 9.78 Å². The summed E-state index contributed by atoms with van der Waals surface area (Å²) in [6, 6.07) is 6.99. The molecule has 0 spiro atoms. The van der Waals surface area contributed by atoms with Gasteiger partial charge in [-0.3, -0.25) is 14.5 Å². The summed E-state index contributed by atoms with van der Waals surface area (Å²) in [7, 11) is 0. The first-order chi connectivity index (χ1) is 16.0. The van der Waals surface area contributed by atoms with Gasteiger partial charge in [0.25, 0.3) is 0 Å². The zero-order valence-corrected chi connectivity index (χ0v) is 20.2. The number of ether oxygens (including phenoxy) is 1.